The molecule has 4 aromatic rings. The third kappa shape index (κ3) is 2.86. The Morgan fingerprint density at radius 1 is 0.792 bits per heavy atom. The smallest absolute Gasteiger partial charge is 0.163 e. The second kappa shape index (κ2) is 6.37. The van der Waals surface area contributed by atoms with Gasteiger partial charge in [-0.25, -0.2) is 9.97 Å². The van der Waals surface area contributed by atoms with Crippen molar-refractivity contribution in [2.24, 2.45) is 0 Å². The summed E-state index contributed by atoms with van der Waals surface area (Å²) in [6.07, 6.45) is 3.50. The average molecular weight is 377 g/mol. The Morgan fingerprint density at radius 2 is 1.54 bits per heavy atom. The highest BCUT2D eigenvalue weighted by Crippen LogP contribution is 2.30. The van der Waals surface area contributed by atoms with Crippen LogP contribution in [-0.2, 0) is 0 Å². The Kier molecular flexibility index (Phi) is 3.92. The zero-order valence-corrected chi connectivity index (χ0v) is 14.2. The van der Waals surface area contributed by atoms with E-state index in [1.165, 1.54) is 0 Å². The molecule has 2 aromatic heterocycles. The molecule has 4 nitrogen and oxygen atoms in total. The van der Waals surface area contributed by atoms with Gasteiger partial charge in [0, 0.05) is 33.5 Å². The number of hydrogen-bond donors (Lipinski definition) is 1. The van der Waals surface area contributed by atoms with E-state index in [9.17, 15) is 0 Å². The Morgan fingerprint density at radius 3 is 2.38 bits per heavy atom. The largest absolute Gasteiger partial charge is 0.340 e. The highest BCUT2D eigenvalue weighted by atomic mass is 79.9. The molecule has 0 radical (unpaired) electrons. The van der Waals surface area contributed by atoms with Gasteiger partial charge in [0.15, 0.2) is 5.82 Å². The van der Waals surface area contributed by atoms with E-state index in [1.807, 2.05) is 60.7 Å². The van der Waals surface area contributed by atoms with Crippen LogP contribution >= 0.6 is 15.9 Å². The summed E-state index contributed by atoms with van der Waals surface area (Å²) in [6.45, 7) is 0. The van der Waals surface area contributed by atoms with Gasteiger partial charge >= 0.3 is 0 Å². The third-order valence-corrected chi connectivity index (χ3v) is 4.35. The normalized spacial score (nSPS) is 10.7. The van der Waals surface area contributed by atoms with Crippen molar-refractivity contribution < 1.29 is 0 Å². The summed E-state index contributed by atoms with van der Waals surface area (Å²) >= 11 is 3.58. The van der Waals surface area contributed by atoms with Crippen molar-refractivity contribution in [1.29, 1.82) is 0 Å². The first-order valence-electron chi connectivity index (χ1n) is 7.50. The Hall–Kier alpha value is -2.79. The topological polar surface area (TPSA) is 50.7 Å². The maximum Gasteiger partial charge on any atom is 0.163 e. The molecule has 0 spiro atoms. The van der Waals surface area contributed by atoms with E-state index in [0.29, 0.717) is 5.82 Å². The van der Waals surface area contributed by atoms with Crippen molar-refractivity contribution in [3.63, 3.8) is 0 Å². The highest BCUT2D eigenvalue weighted by molar-refractivity contribution is 9.10. The molecule has 1 N–H and O–H groups in total. The average Bonchev–Trinajstić information content (AvgIpc) is 2.63. The number of fused-ring (bicyclic) bond motifs is 1. The van der Waals surface area contributed by atoms with Crippen LogP contribution in [-0.4, -0.2) is 15.0 Å². The van der Waals surface area contributed by atoms with Crippen LogP contribution in [0.3, 0.4) is 0 Å². The third-order valence-electron chi connectivity index (χ3n) is 3.66. The zero-order valence-electron chi connectivity index (χ0n) is 12.6. The predicted molar refractivity (Wildman–Crippen MR) is 100 cm³/mol. The van der Waals surface area contributed by atoms with Crippen LogP contribution in [0.1, 0.15) is 0 Å². The summed E-state index contributed by atoms with van der Waals surface area (Å²) in [5, 5.41) is 4.35. The molecule has 0 atom stereocenters. The molecule has 0 amide bonds. The molecule has 0 fully saturated rings. The van der Waals surface area contributed by atoms with Gasteiger partial charge in [-0.05, 0) is 30.3 Å². The molecule has 24 heavy (non-hydrogen) atoms. The van der Waals surface area contributed by atoms with Gasteiger partial charge in [-0.1, -0.05) is 46.3 Å². The minimum atomic E-state index is 0.678. The van der Waals surface area contributed by atoms with Crippen molar-refractivity contribution in [3.8, 4) is 11.4 Å². The number of hydrogen-bond acceptors (Lipinski definition) is 4. The molecule has 5 heteroatoms. The molecular formula is C19H13BrN4. The van der Waals surface area contributed by atoms with Gasteiger partial charge in [0.1, 0.15) is 5.82 Å². The quantitative estimate of drug-likeness (QED) is 0.533. The van der Waals surface area contributed by atoms with E-state index < -0.39 is 0 Å². The number of rotatable bonds is 3. The number of para-hydroxylation sites is 1. The molecule has 4 rings (SSSR count). The molecule has 0 aliphatic rings. The number of aromatic nitrogens is 3. The van der Waals surface area contributed by atoms with E-state index in [0.717, 1.165) is 32.4 Å². The summed E-state index contributed by atoms with van der Waals surface area (Å²) in [4.78, 5) is 13.5. The molecule has 116 valence electrons. The van der Waals surface area contributed by atoms with Gasteiger partial charge in [0.25, 0.3) is 0 Å². The van der Waals surface area contributed by atoms with Crippen molar-refractivity contribution in [2.75, 3.05) is 5.32 Å². The predicted octanol–water partition coefficient (Wildman–Crippen LogP) is 5.20. The molecule has 0 saturated heterocycles. The molecule has 0 saturated carbocycles. The number of pyridine rings is 1. The Balaban J connectivity index is 1.90. The summed E-state index contributed by atoms with van der Waals surface area (Å²) in [7, 11) is 0. The van der Waals surface area contributed by atoms with Crippen molar-refractivity contribution >= 4 is 38.3 Å². The molecule has 2 heterocycles. The van der Waals surface area contributed by atoms with Gasteiger partial charge in [-0.3, -0.25) is 4.98 Å². The summed E-state index contributed by atoms with van der Waals surface area (Å²) in [5.74, 6) is 1.45. The van der Waals surface area contributed by atoms with E-state index in [-0.39, 0.29) is 0 Å². The van der Waals surface area contributed by atoms with Crippen LogP contribution in [0, 0.1) is 0 Å². The summed E-state index contributed by atoms with van der Waals surface area (Å²) in [6, 6.07) is 19.8. The zero-order chi connectivity index (χ0) is 16.4. The number of halogens is 1. The lowest BCUT2D eigenvalue weighted by Crippen LogP contribution is -1.99. The second-order valence-electron chi connectivity index (χ2n) is 5.25. The van der Waals surface area contributed by atoms with Crippen molar-refractivity contribution in [2.45, 2.75) is 0 Å². The molecular weight excluding hydrogens is 364 g/mol. The number of anilines is 2. The molecule has 0 aliphatic carbocycles. The van der Waals surface area contributed by atoms with Gasteiger partial charge < -0.3 is 5.32 Å². The van der Waals surface area contributed by atoms with Crippen LogP contribution < -0.4 is 5.32 Å². The van der Waals surface area contributed by atoms with Crippen LogP contribution in [0.4, 0.5) is 11.5 Å². The Bertz CT molecular complexity index is 1000. The second-order valence-corrected chi connectivity index (χ2v) is 6.11. The number of nitrogens with one attached hydrogen (secondary N) is 1. The lowest BCUT2D eigenvalue weighted by Gasteiger charge is -2.11. The summed E-state index contributed by atoms with van der Waals surface area (Å²) < 4.78 is 0.968. The van der Waals surface area contributed by atoms with Gasteiger partial charge in [0.2, 0.25) is 0 Å². The van der Waals surface area contributed by atoms with Crippen molar-refractivity contribution in [1.82, 2.24) is 15.0 Å². The summed E-state index contributed by atoms with van der Waals surface area (Å²) in [5.41, 5.74) is 2.79. The lowest BCUT2D eigenvalue weighted by atomic mass is 10.2. The first kappa shape index (κ1) is 14.8. The number of benzene rings is 2. The Labute approximate surface area is 147 Å². The SMILES string of the molecule is Brc1ccccc1-c1nc(Nc2ccncc2)c2ccccc2n1. The maximum atomic E-state index is 4.75. The molecule has 0 unspecified atom stereocenters. The van der Waals surface area contributed by atoms with E-state index in [1.54, 1.807) is 12.4 Å². The van der Waals surface area contributed by atoms with Gasteiger partial charge in [0.05, 0.1) is 5.52 Å². The number of nitrogens with zero attached hydrogens (tertiary/aromatic N) is 3. The van der Waals surface area contributed by atoms with Crippen LogP contribution in [0.5, 0.6) is 0 Å². The minimum Gasteiger partial charge on any atom is -0.340 e. The maximum absolute atomic E-state index is 4.75. The van der Waals surface area contributed by atoms with Gasteiger partial charge in [-0.2, -0.15) is 0 Å². The molecule has 0 aliphatic heterocycles. The van der Waals surface area contributed by atoms with E-state index in [4.69, 9.17) is 9.97 Å². The highest BCUT2D eigenvalue weighted by Gasteiger charge is 2.11. The van der Waals surface area contributed by atoms with Crippen molar-refractivity contribution in [3.05, 3.63) is 77.5 Å². The molecule has 2 aromatic carbocycles. The lowest BCUT2D eigenvalue weighted by molar-refractivity contribution is 1.22. The first-order chi connectivity index (χ1) is 11.8. The fourth-order valence-electron chi connectivity index (χ4n) is 2.51. The van der Waals surface area contributed by atoms with E-state index >= 15 is 0 Å². The molecule has 0 bridgehead atoms. The standard InChI is InChI=1S/C19H13BrN4/c20-16-7-3-1-5-14(16)18-23-17-8-4-2-6-15(17)19(24-18)22-13-9-11-21-12-10-13/h1-12H,(H,21,22,23,24). The minimum absolute atomic E-state index is 0.678. The van der Waals surface area contributed by atoms with Crippen LogP contribution in [0.15, 0.2) is 77.5 Å². The first-order valence-corrected chi connectivity index (χ1v) is 8.29. The van der Waals surface area contributed by atoms with Crippen LogP contribution in [0.2, 0.25) is 0 Å². The van der Waals surface area contributed by atoms with Gasteiger partial charge in [-0.15, -0.1) is 0 Å². The monoisotopic (exact) mass is 376 g/mol. The fraction of sp³-hybridized carbons (Fsp3) is 0. The fourth-order valence-corrected chi connectivity index (χ4v) is 2.97. The van der Waals surface area contributed by atoms with E-state index in [2.05, 4.69) is 26.2 Å². The van der Waals surface area contributed by atoms with Crippen LogP contribution in [0.25, 0.3) is 22.3 Å².